The summed E-state index contributed by atoms with van der Waals surface area (Å²) in [5.41, 5.74) is 0.744. The normalized spacial score (nSPS) is 48.1. The highest BCUT2D eigenvalue weighted by atomic mass is 32.2. The van der Waals surface area contributed by atoms with Crippen LogP contribution in [0.2, 0.25) is 0 Å². The lowest BCUT2D eigenvalue weighted by molar-refractivity contribution is -0.141. The summed E-state index contributed by atoms with van der Waals surface area (Å²) in [6.45, 7) is 3.99. The van der Waals surface area contributed by atoms with Crippen molar-refractivity contribution in [2.75, 3.05) is 13.2 Å². The highest BCUT2D eigenvalue weighted by Crippen LogP contribution is 2.86. The zero-order valence-corrected chi connectivity index (χ0v) is 26.5. The van der Waals surface area contributed by atoms with Gasteiger partial charge in [0, 0.05) is 0 Å². The van der Waals surface area contributed by atoms with Crippen molar-refractivity contribution in [2.45, 2.75) is 72.7 Å². The van der Waals surface area contributed by atoms with Crippen molar-refractivity contribution in [3.8, 4) is 0 Å². The van der Waals surface area contributed by atoms with Gasteiger partial charge in [-0.15, -0.1) is 0 Å². The van der Waals surface area contributed by atoms with E-state index in [0.717, 1.165) is 36.8 Å². The molecule has 6 saturated carbocycles. The lowest BCUT2D eigenvalue weighted by atomic mass is 9.72. The maximum Gasteiger partial charge on any atom is 0.297 e. The predicted octanol–water partition coefficient (Wildman–Crippen LogP) is 4.49. The molecule has 0 unspecified atom stereocenters. The topological polar surface area (TPSA) is 105 Å². The Labute approximate surface area is 259 Å². The van der Waals surface area contributed by atoms with Gasteiger partial charge < -0.3 is 9.47 Å². The molecule has 0 spiro atoms. The summed E-state index contributed by atoms with van der Waals surface area (Å²) in [6.07, 6.45) is 4.13. The Morgan fingerprint density at radius 3 is 1.36 bits per heavy atom. The fourth-order valence-electron chi connectivity index (χ4n) is 13.0. The van der Waals surface area contributed by atoms with Crippen molar-refractivity contribution in [1.82, 2.24) is 0 Å². The summed E-state index contributed by atoms with van der Waals surface area (Å²) in [5, 5.41) is 0. The van der Waals surface area contributed by atoms with Crippen LogP contribution in [0.3, 0.4) is 0 Å². The highest BCUT2D eigenvalue weighted by molar-refractivity contribution is 7.87. The smallest absolute Gasteiger partial charge is 0.297 e. The lowest BCUT2D eigenvalue weighted by Crippen LogP contribution is -2.49. The molecule has 6 aliphatic carbocycles. The van der Waals surface area contributed by atoms with E-state index in [0.29, 0.717) is 35.5 Å². The summed E-state index contributed by atoms with van der Waals surface area (Å²) in [5.74, 6) is 2.80. The van der Waals surface area contributed by atoms with Gasteiger partial charge in [-0.3, -0.25) is 8.37 Å². The fraction of sp³-hybridized carbons (Fsp3) is 0.647. The molecule has 10 rings (SSSR count). The molecule has 2 aromatic rings. The van der Waals surface area contributed by atoms with Crippen LogP contribution in [0.4, 0.5) is 0 Å². The van der Waals surface area contributed by atoms with Crippen molar-refractivity contribution in [3.63, 3.8) is 0 Å². The van der Waals surface area contributed by atoms with Crippen LogP contribution in [-0.4, -0.2) is 53.5 Å². The molecule has 234 valence electrons. The maximum atomic E-state index is 13.5. The van der Waals surface area contributed by atoms with E-state index in [1.54, 1.807) is 48.5 Å². The Balaban J connectivity index is 1.03. The first-order valence-electron chi connectivity index (χ1n) is 16.3. The van der Waals surface area contributed by atoms with E-state index < -0.39 is 31.4 Å². The van der Waals surface area contributed by atoms with Gasteiger partial charge >= 0.3 is 0 Å². The van der Waals surface area contributed by atoms with Gasteiger partial charge in [-0.05, 0) is 123 Å². The number of hydrogen-bond donors (Lipinski definition) is 0. The molecule has 2 saturated heterocycles. The van der Waals surface area contributed by atoms with Gasteiger partial charge in [0.2, 0.25) is 0 Å². The number of fused-ring (bicyclic) bond motifs is 4. The standard InChI is InChI=1S/C34H38O8S2/c1-17-3-7-19(8-4-17)43(35,36)39-15-33-29-21-11-14-24-26(21)32-27(29)28-30(22-12-13-23(41-33)25(22)31(28)33)34(32,42-24)16-40-44(37,38)20-9-5-18(2)6-10-20/h3-10,21-32H,11-16H2,1-2H3/t21-,22-,23-,24+,25+,26-,27-,28-,29+,30+,31-,32-,33-,34-/m1/s1. The Morgan fingerprint density at radius 2 is 0.977 bits per heavy atom. The second-order valence-electron chi connectivity index (χ2n) is 15.2. The molecule has 2 heterocycles. The Bertz CT molecular complexity index is 1640. The van der Waals surface area contributed by atoms with Crippen LogP contribution in [-0.2, 0) is 38.1 Å². The number of rotatable bonds is 8. The SMILES string of the molecule is Cc1ccc(S(=O)(=O)OC[C@]23O[C@@H]4CC[C@@H]5[C@@H]4[C@@H]2[C@@H]2[C@H]4[C@H]6[C@@H]7[C@@H](CC[C@@H]7O[C@]6(COS(=O)(=O)c6ccc(C)cc6)[C@@H]52)[C@@H]43)cc1. The van der Waals surface area contributed by atoms with E-state index in [9.17, 15) is 16.8 Å². The minimum absolute atomic E-state index is 0.0603. The van der Waals surface area contributed by atoms with Gasteiger partial charge in [0.15, 0.2) is 0 Å². The van der Waals surface area contributed by atoms with Gasteiger partial charge in [-0.2, -0.15) is 16.8 Å². The molecule has 8 nitrogen and oxygen atoms in total. The van der Waals surface area contributed by atoms with Gasteiger partial charge in [0.05, 0.1) is 35.2 Å². The average Bonchev–Trinajstić information content (AvgIpc) is 3.82. The molecule has 0 amide bonds. The minimum atomic E-state index is -3.95. The Hall–Kier alpha value is -1.82. The highest BCUT2D eigenvalue weighted by Gasteiger charge is 2.90. The van der Waals surface area contributed by atoms with Crippen LogP contribution < -0.4 is 0 Å². The summed E-state index contributed by atoms with van der Waals surface area (Å²) in [7, 11) is -7.90. The van der Waals surface area contributed by atoms with Crippen molar-refractivity contribution in [2.24, 2.45) is 59.2 Å². The first-order chi connectivity index (χ1) is 21.1. The maximum absolute atomic E-state index is 13.5. The van der Waals surface area contributed by atoms with Crippen molar-refractivity contribution < 1.29 is 34.7 Å². The Morgan fingerprint density at radius 1 is 0.591 bits per heavy atom. The molecule has 10 heteroatoms. The summed E-state index contributed by atoms with van der Waals surface area (Å²) < 4.78 is 80.2. The van der Waals surface area contributed by atoms with Crippen LogP contribution in [0.25, 0.3) is 0 Å². The Kier molecular flexibility index (Phi) is 5.31. The van der Waals surface area contributed by atoms with Gasteiger partial charge in [-0.1, -0.05) is 35.4 Å². The zero-order valence-electron chi connectivity index (χ0n) is 24.9. The first kappa shape index (κ1) is 27.3. The van der Waals surface area contributed by atoms with Crippen LogP contribution in [0.15, 0.2) is 58.3 Å². The zero-order chi connectivity index (χ0) is 30.0. The predicted molar refractivity (Wildman–Crippen MR) is 157 cm³/mol. The molecule has 2 aliphatic heterocycles. The number of benzene rings is 2. The van der Waals surface area contributed by atoms with E-state index in [2.05, 4.69) is 0 Å². The quantitative estimate of drug-likeness (QED) is 0.390. The van der Waals surface area contributed by atoms with E-state index in [-0.39, 0.29) is 58.9 Å². The molecule has 0 aromatic heterocycles. The molecular formula is C34H38O8S2. The van der Waals surface area contributed by atoms with E-state index in [4.69, 9.17) is 17.8 Å². The van der Waals surface area contributed by atoms with Crippen LogP contribution >= 0.6 is 0 Å². The largest absolute Gasteiger partial charge is 0.368 e. The van der Waals surface area contributed by atoms with Crippen LogP contribution in [0.5, 0.6) is 0 Å². The second kappa shape index (κ2) is 8.55. The van der Waals surface area contributed by atoms with E-state index >= 15 is 0 Å². The molecule has 0 N–H and O–H groups in total. The molecule has 0 radical (unpaired) electrons. The molecule has 0 bridgehead atoms. The second-order valence-corrected chi connectivity index (χ2v) is 18.4. The minimum Gasteiger partial charge on any atom is -0.368 e. The molecule has 8 aliphatic rings. The van der Waals surface area contributed by atoms with Crippen molar-refractivity contribution in [3.05, 3.63) is 59.7 Å². The number of ether oxygens (including phenoxy) is 2. The third-order valence-corrected chi connectivity index (χ3v) is 16.3. The summed E-state index contributed by atoms with van der Waals surface area (Å²) >= 11 is 0. The van der Waals surface area contributed by atoms with Crippen LogP contribution in [0.1, 0.15) is 36.8 Å². The summed E-state index contributed by atoms with van der Waals surface area (Å²) in [6, 6.07) is 13.7. The number of hydrogen-bond acceptors (Lipinski definition) is 8. The third kappa shape index (κ3) is 3.14. The molecule has 2 aromatic carbocycles. The van der Waals surface area contributed by atoms with E-state index in [1.807, 2.05) is 13.8 Å². The van der Waals surface area contributed by atoms with E-state index in [1.165, 1.54) is 0 Å². The monoisotopic (exact) mass is 638 g/mol. The van der Waals surface area contributed by atoms with Gasteiger partial charge in [0.25, 0.3) is 20.2 Å². The van der Waals surface area contributed by atoms with Gasteiger partial charge in [-0.25, -0.2) is 0 Å². The first-order valence-corrected chi connectivity index (χ1v) is 19.2. The molecule has 8 fully saturated rings. The third-order valence-electron chi connectivity index (χ3n) is 13.8. The fourth-order valence-corrected chi connectivity index (χ4v) is 14.9. The van der Waals surface area contributed by atoms with Crippen molar-refractivity contribution >= 4 is 20.2 Å². The average molecular weight is 639 g/mol. The van der Waals surface area contributed by atoms with Gasteiger partial charge in [0.1, 0.15) is 11.2 Å². The molecular weight excluding hydrogens is 601 g/mol. The van der Waals surface area contributed by atoms with Crippen LogP contribution in [0, 0.1) is 73.0 Å². The lowest BCUT2D eigenvalue weighted by Gasteiger charge is -2.39. The number of aryl methyl sites for hydroxylation is 2. The molecule has 14 atom stereocenters. The molecule has 44 heavy (non-hydrogen) atoms. The summed E-state index contributed by atoms with van der Waals surface area (Å²) in [4.78, 5) is 0.364. The van der Waals surface area contributed by atoms with Crippen molar-refractivity contribution in [1.29, 1.82) is 0 Å².